The normalized spacial score (nSPS) is 17.0. The smallest absolute Gasteiger partial charge is 0.274 e. The third-order valence-corrected chi connectivity index (χ3v) is 4.51. The van der Waals surface area contributed by atoms with Crippen LogP contribution in [-0.4, -0.2) is 52.5 Å². The van der Waals surface area contributed by atoms with Gasteiger partial charge >= 0.3 is 0 Å². The molecule has 1 aliphatic rings. The first-order valence-corrected chi connectivity index (χ1v) is 8.47. The number of carbonyl (C=O) groups excluding carboxylic acids is 3. The highest BCUT2D eigenvalue weighted by Crippen LogP contribution is 2.20. The van der Waals surface area contributed by atoms with Crippen molar-refractivity contribution in [3.05, 3.63) is 47.8 Å². The highest BCUT2D eigenvalue weighted by molar-refractivity contribution is 5.98. The first kappa shape index (κ1) is 17.7. The minimum atomic E-state index is -0.665. The van der Waals surface area contributed by atoms with Gasteiger partial charge in [-0.2, -0.15) is 5.10 Å². The zero-order chi connectivity index (χ0) is 18.7. The lowest BCUT2D eigenvalue weighted by Crippen LogP contribution is -2.44. The van der Waals surface area contributed by atoms with Crippen LogP contribution in [-0.2, 0) is 4.79 Å². The second-order valence-corrected chi connectivity index (χ2v) is 6.23. The maximum atomic E-state index is 12.8. The summed E-state index contributed by atoms with van der Waals surface area (Å²) in [4.78, 5) is 38.1. The van der Waals surface area contributed by atoms with Crippen LogP contribution in [0.2, 0.25) is 0 Å². The Hall–Kier alpha value is -3.16. The number of hydrogen-bond acceptors (Lipinski definition) is 4. The Morgan fingerprint density at radius 2 is 1.96 bits per heavy atom. The summed E-state index contributed by atoms with van der Waals surface area (Å²) in [7, 11) is 1.59. The molecule has 0 radical (unpaired) electrons. The number of benzene rings is 1. The lowest BCUT2D eigenvalue weighted by molar-refractivity contribution is -0.125. The van der Waals surface area contributed by atoms with Gasteiger partial charge < -0.3 is 16.0 Å². The molecule has 136 valence electrons. The first-order valence-electron chi connectivity index (χ1n) is 8.47. The molecule has 2 heterocycles. The van der Waals surface area contributed by atoms with Crippen LogP contribution in [0, 0.1) is 5.92 Å². The zero-order valence-electron chi connectivity index (χ0n) is 14.5. The third kappa shape index (κ3) is 3.44. The molecule has 0 bridgehead atoms. The van der Waals surface area contributed by atoms with E-state index in [1.165, 1.54) is 10.7 Å². The SMILES string of the molecule is CNC(=O)C1CCCN(C(=O)c2cc(C(N)=O)n(-c3ccccc3)n2)C1. The molecule has 0 aliphatic carbocycles. The minimum Gasteiger partial charge on any atom is -0.364 e. The van der Waals surface area contributed by atoms with Crippen LogP contribution in [0.3, 0.4) is 0 Å². The molecule has 1 unspecified atom stereocenters. The standard InChI is InChI=1S/C18H21N5O3/c1-20-17(25)12-6-5-9-22(11-12)18(26)14-10-15(16(19)24)23(21-14)13-7-3-2-4-8-13/h2-4,7-8,10,12H,5-6,9,11H2,1H3,(H2,19,24)(H,20,25). The Bertz CT molecular complexity index is 831. The van der Waals surface area contributed by atoms with Crippen LogP contribution in [0.4, 0.5) is 0 Å². The van der Waals surface area contributed by atoms with Crippen molar-refractivity contribution in [3.63, 3.8) is 0 Å². The van der Waals surface area contributed by atoms with Gasteiger partial charge in [0.1, 0.15) is 5.69 Å². The van der Waals surface area contributed by atoms with Gasteiger partial charge in [-0.15, -0.1) is 0 Å². The molecular formula is C18H21N5O3. The topological polar surface area (TPSA) is 110 Å². The summed E-state index contributed by atoms with van der Waals surface area (Å²) in [5.74, 6) is -1.28. The molecule has 3 N–H and O–H groups in total. The molecule has 8 heteroatoms. The number of likely N-dealkylation sites (tertiary alicyclic amines) is 1. The number of primary amides is 1. The van der Waals surface area contributed by atoms with Gasteiger partial charge in [0.15, 0.2) is 5.69 Å². The molecule has 3 rings (SSSR count). The van der Waals surface area contributed by atoms with E-state index in [0.29, 0.717) is 18.8 Å². The molecule has 1 fully saturated rings. The molecule has 1 saturated heterocycles. The van der Waals surface area contributed by atoms with Crippen molar-refractivity contribution < 1.29 is 14.4 Å². The van der Waals surface area contributed by atoms with E-state index >= 15 is 0 Å². The van der Waals surface area contributed by atoms with Crippen molar-refractivity contribution >= 4 is 17.7 Å². The van der Waals surface area contributed by atoms with Gasteiger partial charge in [0, 0.05) is 26.2 Å². The largest absolute Gasteiger partial charge is 0.364 e. The number of nitrogens with two attached hydrogens (primary N) is 1. The molecule has 2 aromatic rings. The number of aromatic nitrogens is 2. The fourth-order valence-electron chi connectivity index (χ4n) is 3.17. The molecular weight excluding hydrogens is 334 g/mol. The number of piperidine rings is 1. The van der Waals surface area contributed by atoms with Crippen LogP contribution in [0.1, 0.15) is 33.8 Å². The van der Waals surface area contributed by atoms with E-state index in [4.69, 9.17) is 5.73 Å². The van der Waals surface area contributed by atoms with Crippen molar-refractivity contribution in [2.75, 3.05) is 20.1 Å². The second kappa shape index (κ2) is 7.38. The Morgan fingerprint density at radius 1 is 1.23 bits per heavy atom. The Labute approximate surface area is 151 Å². The van der Waals surface area contributed by atoms with E-state index in [-0.39, 0.29) is 29.1 Å². The molecule has 1 aliphatic heterocycles. The molecule has 1 aromatic carbocycles. The number of para-hydroxylation sites is 1. The number of hydrogen-bond donors (Lipinski definition) is 2. The van der Waals surface area contributed by atoms with Crippen molar-refractivity contribution in [2.24, 2.45) is 11.7 Å². The fourth-order valence-corrected chi connectivity index (χ4v) is 3.17. The number of rotatable bonds is 4. The summed E-state index contributed by atoms with van der Waals surface area (Å²) in [6, 6.07) is 10.4. The number of nitrogens with one attached hydrogen (secondary N) is 1. The lowest BCUT2D eigenvalue weighted by atomic mass is 9.97. The average Bonchev–Trinajstić information content (AvgIpc) is 3.13. The van der Waals surface area contributed by atoms with Gasteiger partial charge in [-0.1, -0.05) is 18.2 Å². The Balaban J connectivity index is 1.88. The molecule has 8 nitrogen and oxygen atoms in total. The number of nitrogens with zero attached hydrogens (tertiary/aromatic N) is 3. The lowest BCUT2D eigenvalue weighted by Gasteiger charge is -2.31. The average molecular weight is 355 g/mol. The predicted molar refractivity (Wildman–Crippen MR) is 94.8 cm³/mol. The van der Waals surface area contributed by atoms with Gasteiger partial charge in [-0.05, 0) is 25.0 Å². The molecule has 0 spiro atoms. The monoisotopic (exact) mass is 355 g/mol. The van der Waals surface area contributed by atoms with E-state index in [1.54, 1.807) is 24.1 Å². The van der Waals surface area contributed by atoms with Gasteiger partial charge in [0.25, 0.3) is 11.8 Å². The Morgan fingerprint density at radius 3 is 2.62 bits per heavy atom. The van der Waals surface area contributed by atoms with Crippen LogP contribution < -0.4 is 11.1 Å². The summed E-state index contributed by atoms with van der Waals surface area (Å²) < 4.78 is 1.37. The van der Waals surface area contributed by atoms with E-state index in [1.807, 2.05) is 18.2 Å². The summed E-state index contributed by atoms with van der Waals surface area (Å²) in [5.41, 5.74) is 6.36. The van der Waals surface area contributed by atoms with Gasteiger partial charge in [-0.3, -0.25) is 14.4 Å². The van der Waals surface area contributed by atoms with E-state index in [2.05, 4.69) is 10.4 Å². The maximum Gasteiger partial charge on any atom is 0.274 e. The predicted octanol–water partition coefficient (Wildman–Crippen LogP) is 0.569. The van der Waals surface area contributed by atoms with Crippen molar-refractivity contribution in [3.8, 4) is 5.69 Å². The van der Waals surface area contributed by atoms with Crippen LogP contribution in [0.5, 0.6) is 0 Å². The van der Waals surface area contributed by atoms with Crippen LogP contribution in [0.15, 0.2) is 36.4 Å². The van der Waals surface area contributed by atoms with E-state index < -0.39 is 5.91 Å². The summed E-state index contributed by atoms with van der Waals surface area (Å²) in [6.45, 7) is 0.888. The van der Waals surface area contributed by atoms with Gasteiger partial charge in [0.05, 0.1) is 11.6 Å². The third-order valence-electron chi connectivity index (χ3n) is 4.51. The zero-order valence-corrected chi connectivity index (χ0v) is 14.5. The molecule has 1 atom stereocenters. The van der Waals surface area contributed by atoms with Crippen molar-refractivity contribution in [1.82, 2.24) is 20.0 Å². The van der Waals surface area contributed by atoms with Crippen LogP contribution >= 0.6 is 0 Å². The van der Waals surface area contributed by atoms with Gasteiger partial charge in [0.2, 0.25) is 5.91 Å². The number of carbonyl (C=O) groups is 3. The highest BCUT2D eigenvalue weighted by Gasteiger charge is 2.30. The highest BCUT2D eigenvalue weighted by atomic mass is 16.2. The quantitative estimate of drug-likeness (QED) is 0.835. The van der Waals surface area contributed by atoms with E-state index in [9.17, 15) is 14.4 Å². The first-order chi connectivity index (χ1) is 12.5. The van der Waals surface area contributed by atoms with E-state index in [0.717, 1.165) is 12.8 Å². The molecule has 0 saturated carbocycles. The maximum absolute atomic E-state index is 12.8. The number of amides is 3. The molecule has 1 aromatic heterocycles. The Kier molecular flexibility index (Phi) is 5.01. The van der Waals surface area contributed by atoms with Crippen molar-refractivity contribution in [2.45, 2.75) is 12.8 Å². The second-order valence-electron chi connectivity index (χ2n) is 6.23. The van der Waals surface area contributed by atoms with Crippen molar-refractivity contribution in [1.29, 1.82) is 0 Å². The minimum absolute atomic E-state index is 0.0739. The fraction of sp³-hybridized carbons (Fsp3) is 0.333. The molecule has 26 heavy (non-hydrogen) atoms. The molecule has 3 amide bonds. The summed E-state index contributed by atoms with van der Waals surface area (Å²) in [5, 5.41) is 6.92. The summed E-state index contributed by atoms with van der Waals surface area (Å²) >= 11 is 0. The van der Waals surface area contributed by atoms with Crippen LogP contribution in [0.25, 0.3) is 5.69 Å². The van der Waals surface area contributed by atoms with Gasteiger partial charge in [-0.25, -0.2) is 4.68 Å². The summed E-state index contributed by atoms with van der Waals surface area (Å²) in [6.07, 6.45) is 1.49.